The minimum absolute atomic E-state index is 0.270. The molecule has 0 aliphatic heterocycles. The van der Waals surface area contributed by atoms with Gasteiger partial charge in [-0.1, -0.05) is 37.2 Å². The summed E-state index contributed by atoms with van der Waals surface area (Å²) >= 11 is 0. The predicted molar refractivity (Wildman–Crippen MR) is 95.4 cm³/mol. The lowest BCUT2D eigenvalue weighted by Gasteiger charge is -2.14. The van der Waals surface area contributed by atoms with E-state index in [0.717, 1.165) is 28.0 Å². The van der Waals surface area contributed by atoms with Gasteiger partial charge >= 0.3 is 0 Å². The number of aryl methyl sites for hydroxylation is 1. The van der Waals surface area contributed by atoms with Crippen molar-refractivity contribution in [3.63, 3.8) is 0 Å². The maximum atomic E-state index is 9.07. The zero-order chi connectivity index (χ0) is 17.5. The molecule has 4 heteroatoms. The highest BCUT2D eigenvalue weighted by atomic mass is 16.6. The molecule has 0 saturated heterocycles. The number of nitrogens with zero attached hydrogens (tertiary/aromatic N) is 2. The number of ether oxygens (including phenoxy) is 1. The molecule has 2 aromatic carbocycles. The number of rotatable bonds is 6. The number of benzene rings is 2. The summed E-state index contributed by atoms with van der Waals surface area (Å²) in [6.07, 6.45) is 1.70. The highest BCUT2D eigenvalue weighted by molar-refractivity contribution is 5.82. The second-order valence-electron chi connectivity index (χ2n) is 5.88. The average Bonchev–Trinajstić information content (AvgIpc) is 2.59. The lowest BCUT2D eigenvalue weighted by Crippen LogP contribution is -1.99. The lowest BCUT2D eigenvalue weighted by atomic mass is 9.97. The minimum Gasteiger partial charge on any atom is -0.496 e. The van der Waals surface area contributed by atoms with E-state index in [2.05, 4.69) is 31.1 Å². The standard InChI is InChI=1S/C20H22N2O2/c1-14(2)19-10-18(15(3)9-20(19)23-4)12-22-24-13-17-8-6-5-7-16(17)11-21/h5-10,12,14H,13H2,1-4H3/b22-12-. The molecular weight excluding hydrogens is 300 g/mol. The molecule has 0 heterocycles. The van der Waals surface area contributed by atoms with E-state index in [4.69, 9.17) is 14.8 Å². The molecule has 0 amide bonds. The number of methoxy groups -OCH3 is 1. The van der Waals surface area contributed by atoms with Crippen LogP contribution in [0.2, 0.25) is 0 Å². The maximum absolute atomic E-state index is 9.07. The Hall–Kier alpha value is -2.80. The molecular formula is C20H22N2O2. The highest BCUT2D eigenvalue weighted by Gasteiger charge is 2.10. The molecule has 2 rings (SSSR count). The summed E-state index contributed by atoms with van der Waals surface area (Å²) in [5.74, 6) is 1.25. The Morgan fingerprint density at radius 3 is 2.67 bits per heavy atom. The molecule has 0 aliphatic carbocycles. The first-order chi connectivity index (χ1) is 11.6. The third-order valence-corrected chi connectivity index (χ3v) is 3.86. The van der Waals surface area contributed by atoms with Gasteiger partial charge in [-0.15, -0.1) is 0 Å². The second-order valence-corrected chi connectivity index (χ2v) is 5.88. The van der Waals surface area contributed by atoms with Crippen molar-refractivity contribution in [3.05, 3.63) is 64.2 Å². The molecule has 2 aromatic rings. The third kappa shape index (κ3) is 4.14. The van der Waals surface area contributed by atoms with E-state index in [1.807, 2.05) is 31.2 Å². The van der Waals surface area contributed by atoms with Gasteiger partial charge in [0.25, 0.3) is 0 Å². The average molecular weight is 322 g/mol. The maximum Gasteiger partial charge on any atom is 0.143 e. The smallest absolute Gasteiger partial charge is 0.143 e. The van der Waals surface area contributed by atoms with Crippen molar-refractivity contribution in [2.45, 2.75) is 33.3 Å². The molecule has 24 heavy (non-hydrogen) atoms. The van der Waals surface area contributed by atoms with Crippen LogP contribution in [0.4, 0.5) is 0 Å². The van der Waals surface area contributed by atoms with Crippen molar-refractivity contribution in [1.29, 1.82) is 5.26 Å². The molecule has 0 spiro atoms. The summed E-state index contributed by atoms with van der Waals surface area (Å²) in [5, 5.41) is 13.1. The van der Waals surface area contributed by atoms with Crippen molar-refractivity contribution in [2.24, 2.45) is 5.16 Å². The Balaban J connectivity index is 2.12. The van der Waals surface area contributed by atoms with E-state index in [0.29, 0.717) is 11.5 Å². The summed E-state index contributed by atoms with van der Waals surface area (Å²) in [4.78, 5) is 5.37. The zero-order valence-electron chi connectivity index (χ0n) is 14.5. The van der Waals surface area contributed by atoms with Crippen LogP contribution in [-0.4, -0.2) is 13.3 Å². The molecule has 124 valence electrons. The quantitative estimate of drug-likeness (QED) is 0.579. The summed E-state index contributed by atoms with van der Waals surface area (Å²) in [6.45, 7) is 6.54. The van der Waals surface area contributed by atoms with Crippen LogP contribution in [0.1, 0.15) is 47.6 Å². The fourth-order valence-electron chi connectivity index (χ4n) is 2.44. The number of hydrogen-bond acceptors (Lipinski definition) is 4. The van der Waals surface area contributed by atoms with E-state index in [9.17, 15) is 0 Å². The van der Waals surface area contributed by atoms with Gasteiger partial charge in [-0.05, 0) is 47.7 Å². The fourth-order valence-corrected chi connectivity index (χ4v) is 2.44. The number of hydrogen-bond donors (Lipinski definition) is 0. The molecule has 0 radical (unpaired) electrons. The van der Waals surface area contributed by atoms with Gasteiger partial charge in [0.2, 0.25) is 0 Å². The third-order valence-electron chi connectivity index (χ3n) is 3.86. The van der Waals surface area contributed by atoms with Crippen molar-refractivity contribution in [3.8, 4) is 11.8 Å². The Morgan fingerprint density at radius 2 is 2.00 bits per heavy atom. The van der Waals surface area contributed by atoms with Gasteiger partial charge in [0, 0.05) is 5.56 Å². The van der Waals surface area contributed by atoms with Crippen molar-refractivity contribution < 1.29 is 9.57 Å². The van der Waals surface area contributed by atoms with Crippen LogP contribution in [-0.2, 0) is 11.4 Å². The Bertz CT molecular complexity index is 774. The summed E-state index contributed by atoms with van der Waals surface area (Å²) < 4.78 is 5.45. The molecule has 0 saturated carbocycles. The second kappa shape index (κ2) is 8.16. The van der Waals surface area contributed by atoms with Gasteiger partial charge < -0.3 is 9.57 Å². The molecule has 0 atom stereocenters. The molecule has 0 aliphatic rings. The van der Waals surface area contributed by atoms with Crippen molar-refractivity contribution in [1.82, 2.24) is 0 Å². The van der Waals surface area contributed by atoms with Gasteiger partial charge in [-0.2, -0.15) is 5.26 Å². The Labute approximate surface area is 143 Å². The molecule has 0 fully saturated rings. The first kappa shape index (κ1) is 17.6. The normalized spacial score (nSPS) is 10.8. The van der Waals surface area contributed by atoms with Gasteiger partial charge in [-0.3, -0.25) is 0 Å². The first-order valence-corrected chi connectivity index (χ1v) is 7.88. The fraction of sp³-hybridized carbons (Fsp3) is 0.300. The van der Waals surface area contributed by atoms with Crippen molar-refractivity contribution in [2.75, 3.05) is 7.11 Å². The molecule has 0 unspecified atom stereocenters. The van der Waals surface area contributed by atoms with E-state index in [1.54, 1.807) is 19.4 Å². The van der Waals surface area contributed by atoms with Crippen LogP contribution in [0.5, 0.6) is 5.75 Å². The van der Waals surface area contributed by atoms with E-state index < -0.39 is 0 Å². The molecule has 0 bridgehead atoms. The largest absolute Gasteiger partial charge is 0.496 e. The topological polar surface area (TPSA) is 54.6 Å². The van der Waals surface area contributed by atoms with Crippen molar-refractivity contribution >= 4 is 6.21 Å². The van der Waals surface area contributed by atoms with Gasteiger partial charge in [0.05, 0.1) is 25.0 Å². The summed E-state index contributed by atoms with van der Waals surface area (Å²) in [5.41, 5.74) is 4.63. The van der Waals surface area contributed by atoms with Crippen LogP contribution in [0.15, 0.2) is 41.6 Å². The number of oxime groups is 1. The monoisotopic (exact) mass is 322 g/mol. The van der Waals surface area contributed by atoms with E-state index >= 15 is 0 Å². The Morgan fingerprint density at radius 1 is 1.25 bits per heavy atom. The summed E-state index contributed by atoms with van der Waals surface area (Å²) in [6, 6.07) is 13.6. The van der Waals surface area contributed by atoms with Crippen LogP contribution in [0.3, 0.4) is 0 Å². The Kier molecular flexibility index (Phi) is 5.97. The highest BCUT2D eigenvalue weighted by Crippen LogP contribution is 2.29. The van der Waals surface area contributed by atoms with E-state index in [-0.39, 0.29) is 6.61 Å². The van der Waals surface area contributed by atoms with Crippen LogP contribution < -0.4 is 4.74 Å². The van der Waals surface area contributed by atoms with Gasteiger partial charge in [0.1, 0.15) is 12.4 Å². The van der Waals surface area contributed by atoms with Crippen LogP contribution >= 0.6 is 0 Å². The van der Waals surface area contributed by atoms with Gasteiger partial charge in [0.15, 0.2) is 0 Å². The first-order valence-electron chi connectivity index (χ1n) is 7.88. The SMILES string of the molecule is COc1cc(C)c(/C=N\OCc2ccccc2C#N)cc1C(C)C. The molecule has 4 nitrogen and oxygen atoms in total. The van der Waals surface area contributed by atoms with Gasteiger partial charge in [-0.25, -0.2) is 0 Å². The summed E-state index contributed by atoms with van der Waals surface area (Å²) in [7, 11) is 1.68. The molecule has 0 aromatic heterocycles. The minimum atomic E-state index is 0.270. The predicted octanol–water partition coefficient (Wildman–Crippen LogP) is 4.55. The zero-order valence-corrected chi connectivity index (χ0v) is 14.5. The molecule has 0 N–H and O–H groups in total. The van der Waals surface area contributed by atoms with Crippen LogP contribution in [0.25, 0.3) is 0 Å². The van der Waals surface area contributed by atoms with Crippen LogP contribution in [0, 0.1) is 18.3 Å². The van der Waals surface area contributed by atoms with E-state index in [1.165, 1.54) is 0 Å². The number of nitriles is 1. The lowest BCUT2D eigenvalue weighted by molar-refractivity contribution is 0.132.